The highest BCUT2D eigenvalue weighted by Crippen LogP contribution is 2.33. The number of carbonyl (C=O) groups excluding carboxylic acids is 3. The Kier molecular flexibility index (Phi) is 9.53. The molecule has 0 saturated heterocycles. The van der Waals surface area contributed by atoms with E-state index in [1.54, 1.807) is 24.3 Å². The van der Waals surface area contributed by atoms with E-state index in [0.717, 1.165) is 19.4 Å². The van der Waals surface area contributed by atoms with Crippen molar-refractivity contribution in [2.45, 2.75) is 65.6 Å². The molecule has 1 amide bonds. The molecule has 1 rings (SSSR count). The molecule has 0 aliphatic heterocycles. The predicted octanol–water partition coefficient (Wildman–Crippen LogP) is 4.51. The number of amides is 1. The molecule has 0 heterocycles. The van der Waals surface area contributed by atoms with E-state index in [4.69, 9.17) is 0 Å². The van der Waals surface area contributed by atoms with Crippen LogP contribution < -0.4 is 5.32 Å². The van der Waals surface area contributed by atoms with Crippen LogP contribution in [0.3, 0.4) is 0 Å². The first-order valence-corrected chi connectivity index (χ1v) is 9.85. The number of hydrogen-bond donors (Lipinski definition) is 1. The van der Waals surface area contributed by atoms with Crippen LogP contribution in [0.4, 0.5) is 13.2 Å². The van der Waals surface area contributed by atoms with E-state index >= 15 is 0 Å². The Balaban J connectivity index is 3.04. The van der Waals surface area contributed by atoms with Gasteiger partial charge in [-0.15, -0.1) is 0 Å². The SMILES string of the molecule is CC(=O)CC(C(=O)N[C@@H](Cc1ccccc1)C(=O)CCC(C)C)C(C)C(F)(F)F. The molecule has 1 aromatic rings. The van der Waals surface area contributed by atoms with Gasteiger partial charge in [-0.25, -0.2) is 0 Å². The smallest absolute Gasteiger partial charge is 0.346 e. The number of carbonyl (C=O) groups is 3. The van der Waals surface area contributed by atoms with Crippen LogP contribution in [0.2, 0.25) is 0 Å². The van der Waals surface area contributed by atoms with Gasteiger partial charge in [-0.05, 0) is 31.2 Å². The van der Waals surface area contributed by atoms with Gasteiger partial charge in [-0.2, -0.15) is 13.2 Å². The van der Waals surface area contributed by atoms with Crippen LogP contribution in [-0.2, 0) is 20.8 Å². The molecule has 29 heavy (non-hydrogen) atoms. The highest BCUT2D eigenvalue weighted by atomic mass is 19.4. The summed E-state index contributed by atoms with van der Waals surface area (Å²) in [6.45, 7) is 5.97. The van der Waals surface area contributed by atoms with E-state index < -0.39 is 42.2 Å². The first-order chi connectivity index (χ1) is 13.4. The average Bonchev–Trinajstić information content (AvgIpc) is 2.62. The Morgan fingerprint density at radius 2 is 1.62 bits per heavy atom. The summed E-state index contributed by atoms with van der Waals surface area (Å²) >= 11 is 0. The standard InChI is InChI=1S/C22H30F3NO3/c1-14(2)10-11-20(28)19(13-17-8-6-5-7-9-17)26-21(29)18(12-15(3)27)16(4)22(23,24)25/h5-9,14,16,18-19H,10-13H2,1-4H3,(H,26,29)/t16?,18?,19-/m0/s1. The average molecular weight is 413 g/mol. The predicted molar refractivity (Wildman–Crippen MR) is 105 cm³/mol. The summed E-state index contributed by atoms with van der Waals surface area (Å²) in [7, 11) is 0. The molecular formula is C22H30F3NO3. The molecule has 0 aliphatic rings. The van der Waals surface area contributed by atoms with Crippen LogP contribution in [0.25, 0.3) is 0 Å². The van der Waals surface area contributed by atoms with Crippen molar-refractivity contribution in [3.8, 4) is 0 Å². The zero-order chi connectivity index (χ0) is 22.2. The maximum atomic E-state index is 13.2. The van der Waals surface area contributed by atoms with E-state index in [1.807, 2.05) is 19.9 Å². The summed E-state index contributed by atoms with van der Waals surface area (Å²) in [5.74, 6) is -4.92. The molecule has 7 heteroatoms. The van der Waals surface area contributed by atoms with Gasteiger partial charge in [0.1, 0.15) is 5.78 Å². The molecule has 0 bridgehead atoms. The number of ketones is 2. The van der Waals surface area contributed by atoms with Crippen LogP contribution in [0.1, 0.15) is 52.5 Å². The second-order valence-corrected chi connectivity index (χ2v) is 7.99. The van der Waals surface area contributed by atoms with Crippen LogP contribution in [0, 0.1) is 17.8 Å². The highest BCUT2D eigenvalue weighted by Gasteiger charge is 2.45. The minimum atomic E-state index is -4.62. The fourth-order valence-electron chi connectivity index (χ4n) is 3.01. The van der Waals surface area contributed by atoms with Gasteiger partial charge in [0.15, 0.2) is 5.78 Å². The van der Waals surface area contributed by atoms with Gasteiger partial charge in [0, 0.05) is 12.8 Å². The van der Waals surface area contributed by atoms with E-state index in [0.29, 0.717) is 6.42 Å². The third-order valence-electron chi connectivity index (χ3n) is 4.92. The minimum Gasteiger partial charge on any atom is -0.346 e. The molecule has 0 saturated carbocycles. The van der Waals surface area contributed by atoms with Crippen LogP contribution >= 0.6 is 0 Å². The second kappa shape index (κ2) is 11.1. The van der Waals surface area contributed by atoms with E-state index in [-0.39, 0.29) is 24.5 Å². The monoisotopic (exact) mass is 413 g/mol. The lowest BCUT2D eigenvalue weighted by atomic mass is 9.87. The molecule has 0 spiro atoms. The Morgan fingerprint density at radius 3 is 2.10 bits per heavy atom. The van der Waals surface area contributed by atoms with Gasteiger partial charge in [-0.1, -0.05) is 51.1 Å². The number of hydrogen-bond acceptors (Lipinski definition) is 3. The molecule has 0 fully saturated rings. The summed E-state index contributed by atoms with van der Waals surface area (Å²) in [6, 6.07) is 8.04. The van der Waals surface area contributed by atoms with Crippen molar-refractivity contribution in [1.82, 2.24) is 5.32 Å². The number of rotatable bonds is 11. The van der Waals surface area contributed by atoms with Crippen molar-refractivity contribution in [1.29, 1.82) is 0 Å². The molecule has 2 unspecified atom stereocenters. The molecule has 0 aromatic heterocycles. The van der Waals surface area contributed by atoms with Crippen LogP contribution in [0.5, 0.6) is 0 Å². The Bertz CT molecular complexity index is 686. The maximum Gasteiger partial charge on any atom is 0.392 e. The Labute approximate surface area is 170 Å². The van der Waals surface area contributed by atoms with Gasteiger partial charge < -0.3 is 10.1 Å². The Morgan fingerprint density at radius 1 is 1.03 bits per heavy atom. The van der Waals surface area contributed by atoms with Crippen molar-refractivity contribution in [3.05, 3.63) is 35.9 Å². The lowest BCUT2D eigenvalue weighted by Gasteiger charge is -2.27. The van der Waals surface area contributed by atoms with E-state index in [1.165, 1.54) is 0 Å². The Hall–Kier alpha value is -2.18. The lowest BCUT2D eigenvalue weighted by Crippen LogP contribution is -2.48. The fourth-order valence-corrected chi connectivity index (χ4v) is 3.01. The molecule has 0 aliphatic carbocycles. The number of Topliss-reactive ketones (excluding diaryl/α,β-unsaturated/α-hetero) is 2. The fraction of sp³-hybridized carbons (Fsp3) is 0.591. The van der Waals surface area contributed by atoms with Crippen LogP contribution in [0.15, 0.2) is 30.3 Å². The molecule has 4 nitrogen and oxygen atoms in total. The zero-order valence-electron chi connectivity index (χ0n) is 17.4. The van der Waals surface area contributed by atoms with Crippen LogP contribution in [-0.4, -0.2) is 29.7 Å². The van der Waals surface area contributed by atoms with Gasteiger partial charge in [-0.3, -0.25) is 9.59 Å². The van der Waals surface area contributed by atoms with Crippen molar-refractivity contribution in [2.24, 2.45) is 17.8 Å². The number of alkyl halides is 3. The minimum absolute atomic E-state index is 0.191. The largest absolute Gasteiger partial charge is 0.392 e. The molecule has 1 N–H and O–H groups in total. The zero-order valence-corrected chi connectivity index (χ0v) is 17.4. The summed E-state index contributed by atoms with van der Waals surface area (Å²) < 4.78 is 39.6. The third-order valence-corrected chi connectivity index (χ3v) is 4.92. The molecule has 0 radical (unpaired) electrons. The summed E-state index contributed by atoms with van der Waals surface area (Å²) in [5, 5.41) is 2.51. The first kappa shape index (κ1) is 24.9. The summed E-state index contributed by atoms with van der Waals surface area (Å²) in [4.78, 5) is 36.9. The second-order valence-electron chi connectivity index (χ2n) is 7.99. The van der Waals surface area contributed by atoms with Crippen molar-refractivity contribution >= 4 is 17.5 Å². The summed E-state index contributed by atoms with van der Waals surface area (Å²) in [6.07, 6.45) is -4.10. The van der Waals surface area contributed by atoms with Gasteiger partial charge in [0.05, 0.1) is 17.9 Å². The number of benzene rings is 1. The highest BCUT2D eigenvalue weighted by molar-refractivity contribution is 5.91. The van der Waals surface area contributed by atoms with Crippen molar-refractivity contribution < 1.29 is 27.6 Å². The van der Waals surface area contributed by atoms with E-state index in [9.17, 15) is 27.6 Å². The normalized spacial score (nSPS) is 14.9. The van der Waals surface area contributed by atoms with E-state index in [2.05, 4.69) is 5.32 Å². The number of nitrogens with one attached hydrogen (secondary N) is 1. The molecular weight excluding hydrogens is 383 g/mol. The third kappa shape index (κ3) is 8.79. The molecule has 162 valence electrons. The molecule has 1 aromatic carbocycles. The van der Waals surface area contributed by atoms with Gasteiger partial charge in [0.25, 0.3) is 0 Å². The van der Waals surface area contributed by atoms with Crippen molar-refractivity contribution in [3.63, 3.8) is 0 Å². The maximum absolute atomic E-state index is 13.2. The number of halogens is 3. The quantitative estimate of drug-likeness (QED) is 0.580. The lowest BCUT2D eigenvalue weighted by molar-refractivity contribution is -0.187. The molecule has 3 atom stereocenters. The van der Waals surface area contributed by atoms with Gasteiger partial charge in [0.2, 0.25) is 5.91 Å². The topological polar surface area (TPSA) is 63.2 Å². The van der Waals surface area contributed by atoms with Crippen molar-refractivity contribution in [2.75, 3.05) is 0 Å². The first-order valence-electron chi connectivity index (χ1n) is 9.85. The van der Waals surface area contributed by atoms with Gasteiger partial charge >= 0.3 is 6.18 Å². The summed E-state index contributed by atoms with van der Waals surface area (Å²) in [5.41, 5.74) is 0.794.